The third kappa shape index (κ3) is 5.12. The van der Waals surface area contributed by atoms with E-state index in [0.717, 1.165) is 13.1 Å². The highest BCUT2D eigenvalue weighted by molar-refractivity contribution is 5.20. The van der Waals surface area contributed by atoms with Crippen molar-refractivity contribution in [3.05, 3.63) is 23.9 Å². The van der Waals surface area contributed by atoms with Crippen molar-refractivity contribution in [1.29, 1.82) is 0 Å². The van der Waals surface area contributed by atoms with Crippen molar-refractivity contribution in [1.82, 2.24) is 10.3 Å². The highest BCUT2D eigenvalue weighted by atomic mass is 16.5. The van der Waals surface area contributed by atoms with Gasteiger partial charge in [-0.15, -0.1) is 0 Å². The Morgan fingerprint density at radius 3 is 2.75 bits per heavy atom. The Morgan fingerprint density at radius 2 is 2.12 bits per heavy atom. The molecule has 0 amide bonds. The molecule has 0 spiro atoms. The number of nitrogens with zero attached hydrogens (tertiary/aromatic N) is 1. The van der Waals surface area contributed by atoms with E-state index in [1.54, 1.807) is 13.3 Å². The van der Waals surface area contributed by atoms with Crippen LogP contribution in [0.3, 0.4) is 0 Å². The number of hydrogen-bond acceptors (Lipinski definition) is 3. The molecule has 1 heterocycles. The quantitative estimate of drug-likeness (QED) is 0.778. The van der Waals surface area contributed by atoms with Crippen LogP contribution in [0.4, 0.5) is 0 Å². The van der Waals surface area contributed by atoms with Crippen molar-refractivity contribution in [2.45, 2.75) is 33.7 Å². The van der Waals surface area contributed by atoms with Crippen molar-refractivity contribution < 1.29 is 4.74 Å². The zero-order valence-electron chi connectivity index (χ0n) is 10.7. The second kappa shape index (κ2) is 5.85. The lowest BCUT2D eigenvalue weighted by Gasteiger charge is -2.18. The summed E-state index contributed by atoms with van der Waals surface area (Å²) in [6.07, 6.45) is 2.95. The maximum Gasteiger partial charge on any atom is 0.213 e. The second-order valence-electron chi connectivity index (χ2n) is 5.19. The van der Waals surface area contributed by atoms with Gasteiger partial charge in [0.25, 0.3) is 0 Å². The zero-order valence-corrected chi connectivity index (χ0v) is 10.7. The van der Waals surface area contributed by atoms with Crippen LogP contribution in [0.2, 0.25) is 0 Å². The van der Waals surface area contributed by atoms with Gasteiger partial charge in [0.1, 0.15) is 0 Å². The van der Waals surface area contributed by atoms with Crippen LogP contribution in [-0.4, -0.2) is 18.6 Å². The molecule has 1 aromatic heterocycles. The molecule has 0 radical (unpaired) electrons. The first-order valence-electron chi connectivity index (χ1n) is 5.71. The van der Waals surface area contributed by atoms with Gasteiger partial charge in [-0.2, -0.15) is 0 Å². The summed E-state index contributed by atoms with van der Waals surface area (Å²) in [6, 6.07) is 3.97. The van der Waals surface area contributed by atoms with Crippen LogP contribution in [0.15, 0.2) is 18.3 Å². The number of nitrogens with one attached hydrogen (secondary N) is 1. The van der Waals surface area contributed by atoms with Gasteiger partial charge >= 0.3 is 0 Å². The Morgan fingerprint density at radius 1 is 1.38 bits per heavy atom. The smallest absolute Gasteiger partial charge is 0.213 e. The Bertz CT molecular complexity index is 318. The van der Waals surface area contributed by atoms with E-state index in [0.29, 0.717) is 11.3 Å². The van der Waals surface area contributed by atoms with Gasteiger partial charge in [-0.25, -0.2) is 4.98 Å². The normalized spacial score (nSPS) is 11.5. The topological polar surface area (TPSA) is 34.1 Å². The van der Waals surface area contributed by atoms with Crippen LogP contribution in [0.5, 0.6) is 5.88 Å². The van der Waals surface area contributed by atoms with Crippen LogP contribution in [0, 0.1) is 5.41 Å². The van der Waals surface area contributed by atoms with E-state index in [-0.39, 0.29) is 0 Å². The summed E-state index contributed by atoms with van der Waals surface area (Å²) in [4.78, 5) is 4.08. The molecule has 0 aliphatic heterocycles. The lowest BCUT2D eigenvalue weighted by molar-refractivity contribution is 0.366. The molecule has 0 unspecified atom stereocenters. The molecule has 90 valence electrons. The molecule has 0 saturated heterocycles. The van der Waals surface area contributed by atoms with Gasteiger partial charge in [0, 0.05) is 18.8 Å². The number of hydrogen-bond donors (Lipinski definition) is 1. The lowest BCUT2D eigenvalue weighted by Crippen LogP contribution is -2.20. The van der Waals surface area contributed by atoms with E-state index < -0.39 is 0 Å². The highest BCUT2D eigenvalue weighted by Gasteiger charge is 2.08. The van der Waals surface area contributed by atoms with E-state index in [4.69, 9.17) is 4.74 Å². The van der Waals surface area contributed by atoms with Gasteiger partial charge in [0.2, 0.25) is 5.88 Å². The van der Waals surface area contributed by atoms with E-state index in [1.807, 2.05) is 12.1 Å². The third-order valence-electron chi connectivity index (χ3n) is 2.39. The molecule has 1 N–H and O–H groups in total. The van der Waals surface area contributed by atoms with Gasteiger partial charge in [-0.3, -0.25) is 0 Å². The fraction of sp³-hybridized carbons (Fsp3) is 0.615. The van der Waals surface area contributed by atoms with E-state index in [1.165, 1.54) is 12.0 Å². The number of aromatic nitrogens is 1. The van der Waals surface area contributed by atoms with Gasteiger partial charge in [-0.1, -0.05) is 20.8 Å². The average Bonchev–Trinajstić information content (AvgIpc) is 2.23. The summed E-state index contributed by atoms with van der Waals surface area (Å²) >= 11 is 0. The fourth-order valence-corrected chi connectivity index (χ4v) is 1.37. The Labute approximate surface area is 98.2 Å². The number of methoxy groups -OCH3 is 1. The predicted molar refractivity (Wildman–Crippen MR) is 66.6 cm³/mol. The van der Waals surface area contributed by atoms with Crippen molar-refractivity contribution in [2.75, 3.05) is 13.7 Å². The van der Waals surface area contributed by atoms with Crippen molar-refractivity contribution in [2.24, 2.45) is 5.41 Å². The zero-order chi connectivity index (χ0) is 12.0. The molecule has 0 fully saturated rings. The van der Waals surface area contributed by atoms with E-state index >= 15 is 0 Å². The molecule has 0 aromatic carbocycles. The summed E-state index contributed by atoms with van der Waals surface area (Å²) < 4.78 is 5.08. The van der Waals surface area contributed by atoms with E-state index in [2.05, 4.69) is 31.1 Å². The van der Waals surface area contributed by atoms with Crippen molar-refractivity contribution in [3.63, 3.8) is 0 Å². The molecular weight excluding hydrogens is 200 g/mol. The summed E-state index contributed by atoms with van der Waals surface area (Å²) in [7, 11) is 1.64. The van der Waals surface area contributed by atoms with Crippen LogP contribution in [-0.2, 0) is 6.54 Å². The molecule has 3 heteroatoms. The minimum atomic E-state index is 0.392. The lowest BCUT2D eigenvalue weighted by atomic mass is 9.92. The van der Waals surface area contributed by atoms with Crippen LogP contribution < -0.4 is 10.1 Å². The average molecular weight is 222 g/mol. The second-order valence-corrected chi connectivity index (χ2v) is 5.19. The SMILES string of the molecule is COc1cc(CNCCC(C)(C)C)ccn1. The Hall–Kier alpha value is -1.09. The third-order valence-corrected chi connectivity index (χ3v) is 2.39. The van der Waals surface area contributed by atoms with Gasteiger partial charge in [0.15, 0.2) is 0 Å². The standard InChI is InChI=1S/C13H22N2O/c1-13(2,3)6-8-14-10-11-5-7-15-12(9-11)16-4/h5,7,9,14H,6,8,10H2,1-4H3. The Kier molecular flexibility index (Phi) is 4.74. The summed E-state index contributed by atoms with van der Waals surface area (Å²) in [5, 5.41) is 3.43. The molecule has 0 saturated carbocycles. The highest BCUT2D eigenvalue weighted by Crippen LogP contribution is 2.17. The van der Waals surface area contributed by atoms with Gasteiger partial charge in [-0.05, 0) is 30.0 Å². The molecule has 0 bridgehead atoms. The maximum absolute atomic E-state index is 5.08. The first-order valence-corrected chi connectivity index (χ1v) is 5.71. The fourth-order valence-electron chi connectivity index (χ4n) is 1.37. The van der Waals surface area contributed by atoms with Gasteiger partial charge in [0.05, 0.1) is 7.11 Å². The van der Waals surface area contributed by atoms with Crippen LogP contribution >= 0.6 is 0 Å². The molecule has 0 atom stereocenters. The molecule has 0 aliphatic carbocycles. The minimum absolute atomic E-state index is 0.392. The minimum Gasteiger partial charge on any atom is -0.481 e. The first kappa shape index (κ1) is 13.0. The van der Waals surface area contributed by atoms with Crippen LogP contribution in [0.1, 0.15) is 32.8 Å². The molecular formula is C13H22N2O. The molecule has 16 heavy (non-hydrogen) atoms. The summed E-state index contributed by atoms with van der Waals surface area (Å²) in [6.45, 7) is 8.67. The van der Waals surface area contributed by atoms with Crippen molar-refractivity contribution in [3.8, 4) is 5.88 Å². The number of rotatable bonds is 5. The van der Waals surface area contributed by atoms with Gasteiger partial charge < -0.3 is 10.1 Å². The predicted octanol–water partition coefficient (Wildman–Crippen LogP) is 2.62. The Balaban J connectivity index is 2.32. The number of pyridine rings is 1. The molecule has 1 rings (SSSR count). The first-order chi connectivity index (χ1) is 7.51. The van der Waals surface area contributed by atoms with Crippen LogP contribution in [0.25, 0.3) is 0 Å². The van der Waals surface area contributed by atoms with E-state index in [9.17, 15) is 0 Å². The largest absolute Gasteiger partial charge is 0.481 e. The molecule has 0 aliphatic rings. The molecule has 3 nitrogen and oxygen atoms in total. The summed E-state index contributed by atoms with van der Waals surface area (Å²) in [5.74, 6) is 0.676. The number of ether oxygens (including phenoxy) is 1. The molecule has 1 aromatic rings. The maximum atomic E-state index is 5.08. The summed E-state index contributed by atoms with van der Waals surface area (Å²) in [5.41, 5.74) is 1.60. The monoisotopic (exact) mass is 222 g/mol. The van der Waals surface area contributed by atoms with Crippen molar-refractivity contribution >= 4 is 0 Å².